The number of hydrogen-bond donors (Lipinski definition) is 0. The van der Waals surface area contributed by atoms with Gasteiger partial charge in [-0.15, -0.1) is 0 Å². The van der Waals surface area contributed by atoms with Gasteiger partial charge >= 0.3 is 0 Å². The van der Waals surface area contributed by atoms with Crippen LogP contribution < -0.4 is 0 Å². The molecule has 2 atom stereocenters. The molecule has 0 aromatic heterocycles. The van der Waals surface area contributed by atoms with Crippen LogP contribution in [0.4, 0.5) is 0 Å². The fraction of sp³-hybridized carbons (Fsp3) is 0.250. The van der Waals surface area contributed by atoms with E-state index in [1.165, 1.54) is 16.7 Å². The Morgan fingerprint density at radius 3 is 2.56 bits per heavy atom. The average Bonchev–Trinajstić information content (AvgIpc) is 2.35. The number of hydrogen-bond acceptors (Lipinski definition) is 1. The molecule has 1 heterocycles. The Hall–Kier alpha value is -1.41. The van der Waals surface area contributed by atoms with Crippen molar-refractivity contribution in [1.82, 2.24) is 0 Å². The first-order chi connectivity index (χ1) is 8.59. The van der Waals surface area contributed by atoms with Gasteiger partial charge in [-0.3, -0.25) is 0 Å². The SMILES string of the molecule is Cc1cc(C)c2c(c1)C(C)c1ccccc1S2=O. The quantitative estimate of drug-likeness (QED) is 0.698. The largest absolute Gasteiger partial charge is 0.249 e. The van der Waals surface area contributed by atoms with E-state index in [0.717, 1.165) is 15.4 Å². The van der Waals surface area contributed by atoms with Gasteiger partial charge in [-0.2, -0.15) is 0 Å². The minimum atomic E-state index is -1.03. The fourth-order valence-corrected chi connectivity index (χ4v) is 4.53. The molecule has 18 heavy (non-hydrogen) atoms. The van der Waals surface area contributed by atoms with E-state index in [4.69, 9.17) is 0 Å². The lowest BCUT2D eigenvalue weighted by molar-refractivity contribution is 0.674. The highest BCUT2D eigenvalue weighted by atomic mass is 32.2. The van der Waals surface area contributed by atoms with Gasteiger partial charge in [-0.1, -0.05) is 42.8 Å². The highest BCUT2D eigenvalue weighted by molar-refractivity contribution is 7.85. The molecule has 0 spiro atoms. The maximum Gasteiger partial charge on any atom is 0.0858 e. The summed E-state index contributed by atoms with van der Waals surface area (Å²) in [5.74, 6) is 0.326. The maximum absolute atomic E-state index is 12.7. The predicted molar refractivity (Wildman–Crippen MR) is 74.5 cm³/mol. The summed E-state index contributed by atoms with van der Waals surface area (Å²) in [6.07, 6.45) is 0. The molecule has 0 saturated carbocycles. The molecule has 2 unspecified atom stereocenters. The molecule has 0 N–H and O–H groups in total. The zero-order valence-electron chi connectivity index (χ0n) is 10.9. The first kappa shape index (κ1) is 11.7. The Kier molecular flexibility index (Phi) is 2.63. The molecule has 0 aliphatic carbocycles. The van der Waals surface area contributed by atoms with Gasteiger partial charge in [-0.25, -0.2) is 4.21 Å². The third kappa shape index (κ3) is 1.56. The normalized spacial score (nSPS) is 21.3. The summed E-state index contributed by atoms with van der Waals surface area (Å²) < 4.78 is 12.7. The van der Waals surface area contributed by atoms with Gasteiger partial charge < -0.3 is 0 Å². The van der Waals surface area contributed by atoms with E-state index in [9.17, 15) is 4.21 Å². The third-order valence-corrected chi connectivity index (χ3v) is 5.38. The van der Waals surface area contributed by atoms with E-state index in [1.807, 2.05) is 18.2 Å². The third-order valence-electron chi connectivity index (χ3n) is 3.68. The maximum atomic E-state index is 12.7. The topological polar surface area (TPSA) is 17.1 Å². The van der Waals surface area contributed by atoms with Crippen molar-refractivity contribution in [2.45, 2.75) is 36.5 Å². The highest BCUT2D eigenvalue weighted by Gasteiger charge is 2.28. The summed E-state index contributed by atoms with van der Waals surface area (Å²) in [5.41, 5.74) is 4.82. The lowest BCUT2D eigenvalue weighted by Gasteiger charge is -2.26. The van der Waals surface area contributed by atoms with Crippen LogP contribution in [-0.4, -0.2) is 4.21 Å². The standard InChI is InChI=1S/C16H16OS/c1-10-8-11(2)16-14(9-10)12(3)13-6-4-5-7-15(13)18(16)17/h4-9,12H,1-3H3. The zero-order valence-corrected chi connectivity index (χ0v) is 11.7. The van der Waals surface area contributed by atoms with Crippen molar-refractivity contribution in [1.29, 1.82) is 0 Å². The first-order valence-corrected chi connectivity index (χ1v) is 7.36. The van der Waals surface area contributed by atoms with Crippen molar-refractivity contribution in [2.75, 3.05) is 0 Å². The molecule has 2 aromatic carbocycles. The van der Waals surface area contributed by atoms with Crippen molar-refractivity contribution >= 4 is 10.8 Å². The Bertz CT molecular complexity index is 658. The molecule has 2 heteroatoms. The minimum Gasteiger partial charge on any atom is -0.249 e. The number of fused-ring (bicyclic) bond motifs is 2. The zero-order chi connectivity index (χ0) is 12.9. The fourth-order valence-electron chi connectivity index (χ4n) is 2.85. The van der Waals surface area contributed by atoms with Crippen LogP contribution in [0.15, 0.2) is 46.2 Å². The van der Waals surface area contributed by atoms with E-state index in [0.29, 0.717) is 5.92 Å². The van der Waals surface area contributed by atoms with Gasteiger partial charge in [0.15, 0.2) is 0 Å². The second-order valence-electron chi connectivity index (χ2n) is 5.03. The lowest BCUT2D eigenvalue weighted by atomic mass is 9.90. The molecule has 0 radical (unpaired) electrons. The van der Waals surface area contributed by atoms with Crippen LogP contribution in [-0.2, 0) is 10.8 Å². The van der Waals surface area contributed by atoms with Crippen LogP contribution in [0.5, 0.6) is 0 Å². The molecule has 3 rings (SSSR count). The van der Waals surface area contributed by atoms with Gasteiger partial charge in [0.2, 0.25) is 0 Å². The molecular formula is C16H16OS. The smallest absolute Gasteiger partial charge is 0.0858 e. The van der Waals surface area contributed by atoms with E-state index < -0.39 is 10.8 Å². The second kappa shape index (κ2) is 4.06. The lowest BCUT2D eigenvalue weighted by Crippen LogP contribution is -2.14. The molecular weight excluding hydrogens is 240 g/mol. The summed E-state index contributed by atoms with van der Waals surface area (Å²) in [4.78, 5) is 2.00. The molecule has 0 fully saturated rings. The summed E-state index contributed by atoms with van der Waals surface area (Å²) in [7, 11) is -1.03. The summed E-state index contributed by atoms with van der Waals surface area (Å²) in [5, 5.41) is 0. The van der Waals surface area contributed by atoms with E-state index >= 15 is 0 Å². The van der Waals surface area contributed by atoms with Gasteiger partial charge in [-0.05, 0) is 36.6 Å². The van der Waals surface area contributed by atoms with Crippen LogP contribution in [0.25, 0.3) is 0 Å². The summed E-state index contributed by atoms with van der Waals surface area (Å²) in [6, 6.07) is 12.4. The molecule has 1 aliphatic heterocycles. The van der Waals surface area contributed by atoms with Crippen LogP contribution in [0.3, 0.4) is 0 Å². The van der Waals surface area contributed by atoms with E-state index in [1.54, 1.807) is 0 Å². The summed E-state index contributed by atoms with van der Waals surface area (Å²) in [6.45, 7) is 6.36. The molecule has 92 valence electrons. The molecule has 0 saturated heterocycles. The second-order valence-corrected chi connectivity index (χ2v) is 6.41. The van der Waals surface area contributed by atoms with Crippen molar-refractivity contribution in [3.63, 3.8) is 0 Å². The number of rotatable bonds is 0. The van der Waals surface area contributed by atoms with E-state index in [-0.39, 0.29) is 0 Å². The molecule has 1 aliphatic rings. The Morgan fingerprint density at radius 1 is 1.06 bits per heavy atom. The van der Waals surface area contributed by atoms with Gasteiger partial charge in [0, 0.05) is 10.8 Å². The molecule has 2 aromatic rings. The van der Waals surface area contributed by atoms with Crippen molar-refractivity contribution in [3.05, 3.63) is 58.7 Å². The predicted octanol–water partition coefficient (Wildman–Crippen LogP) is 3.94. The van der Waals surface area contributed by atoms with Gasteiger partial charge in [0.25, 0.3) is 0 Å². The van der Waals surface area contributed by atoms with Gasteiger partial charge in [0.1, 0.15) is 0 Å². The van der Waals surface area contributed by atoms with Crippen LogP contribution in [0.1, 0.15) is 35.1 Å². The Morgan fingerprint density at radius 2 is 1.78 bits per heavy atom. The molecule has 0 amide bonds. The molecule has 0 bridgehead atoms. The Labute approximate surface area is 110 Å². The highest BCUT2D eigenvalue weighted by Crippen LogP contribution is 2.41. The number of aryl methyl sites for hydroxylation is 2. The van der Waals surface area contributed by atoms with Crippen molar-refractivity contribution < 1.29 is 4.21 Å². The molecule has 1 nitrogen and oxygen atoms in total. The van der Waals surface area contributed by atoms with Crippen LogP contribution in [0.2, 0.25) is 0 Å². The monoisotopic (exact) mass is 256 g/mol. The van der Waals surface area contributed by atoms with Crippen molar-refractivity contribution in [2.24, 2.45) is 0 Å². The minimum absolute atomic E-state index is 0.326. The number of benzene rings is 2. The van der Waals surface area contributed by atoms with Crippen LogP contribution in [0, 0.1) is 13.8 Å². The Balaban J connectivity index is 2.34. The average molecular weight is 256 g/mol. The summed E-state index contributed by atoms with van der Waals surface area (Å²) >= 11 is 0. The van der Waals surface area contributed by atoms with Crippen molar-refractivity contribution in [3.8, 4) is 0 Å². The first-order valence-electron chi connectivity index (χ1n) is 6.21. The van der Waals surface area contributed by atoms with Gasteiger partial charge in [0.05, 0.1) is 15.7 Å². The van der Waals surface area contributed by atoms with E-state index in [2.05, 4.69) is 39.0 Å². The van der Waals surface area contributed by atoms with Crippen LogP contribution >= 0.6 is 0 Å².